The molecule has 2 atom stereocenters. The van der Waals surface area contributed by atoms with Gasteiger partial charge in [-0.05, 0) is 19.4 Å². The molecule has 0 spiro atoms. The van der Waals surface area contributed by atoms with Gasteiger partial charge in [0.25, 0.3) is 0 Å². The van der Waals surface area contributed by atoms with Gasteiger partial charge in [-0.25, -0.2) is 8.42 Å². The second kappa shape index (κ2) is 5.23. The third kappa shape index (κ3) is 4.52. The second-order valence-corrected chi connectivity index (χ2v) is 7.47. The van der Waals surface area contributed by atoms with E-state index in [2.05, 4.69) is 5.32 Å². The number of hydrogen-bond acceptors (Lipinski definition) is 4. The van der Waals surface area contributed by atoms with Gasteiger partial charge in [-0.15, -0.1) is 0 Å². The van der Waals surface area contributed by atoms with Gasteiger partial charge in [0, 0.05) is 28.9 Å². The van der Waals surface area contributed by atoms with Crippen molar-refractivity contribution < 1.29 is 12.6 Å². The number of rotatable bonds is 5. The molecule has 0 aromatic heterocycles. The summed E-state index contributed by atoms with van der Waals surface area (Å²) in [5.74, 6) is 1.26. The molecule has 1 rings (SSSR count). The van der Waals surface area contributed by atoms with Crippen molar-refractivity contribution in [3.05, 3.63) is 0 Å². The van der Waals surface area contributed by atoms with Crippen molar-refractivity contribution >= 4 is 20.6 Å². The van der Waals surface area contributed by atoms with E-state index in [0.717, 1.165) is 19.4 Å². The van der Waals surface area contributed by atoms with Gasteiger partial charge in [-0.3, -0.25) is 4.21 Å². The summed E-state index contributed by atoms with van der Waals surface area (Å²) in [4.78, 5) is 0. The molecule has 1 aliphatic rings. The average Bonchev–Trinajstić information content (AvgIpc) is 2.39. The molecule has 2 unspecified atom stereocenters. The third-order valence-corrected chi connectivity index (χ3v) is 4.91. The quantitative estimate of drug-likeness (QED) is 0.659. The van der Waals surface area contributed by atoms with E-state index >= 15 is 0 Å². The number of nitrogens with one attached hydrogen (secondary N) is 1. The van der Waals surface area contributed by atoms with Gasteiger partial charge < -0.3 is 5.32 Å². The lowest BCUT2D eigenvalue weighted by atomic mass is 10.2. The first-order valence-electron chi connectivity index (χ1n) is 4.73. The molecule has 1 fully saturated rings. The molecule has 4 nitrogen and oxygen atoms in total. The van der Waals surface area contributed by atoms with Crippen LogP contribution in [0.25, 0.3) is 0 Å². The van der Waals surface area contributed by atoms with Crippen molar-refractivity contribution in [3.8, 4) is 0 Å². The normalized spacial score (nSPS) is 27.6. The van der Waals surface area contributed by atoms with Crippen LogP contribution >= 0.6 is 0 Å². The van der Waals surface area contributed by atoms with Crippen molar-refractivity contribution in [2.24, 2.45) is 0 Å². The zero-order chi connectivity index (χ0) is 10.6. The van der Waals surface area contributed by atoms with Crippen molar-refractivity contribution in [2.45, 2.75) is 18.9 Å². The van der Waals surface area contributed by atoms with E-state index in [0.29, 0.717) is 11.5 Å². The fourth-order valence-corrected chi connectivity index (χ4v) is 3.80. The molecule has 0 bridgehead atoms. The van der Waals surface area contributed by atoms with Crippen LogP contribution in [0.5, 0.6) is 0 Å². The SMILES string of the molecule is CS(=O)CCCNC1CCS(=O)(=O)C1. The Morgan fingerprint density at radius 1 is 1.50 bits per heavy atom. The standard InChI is InChI=1S/C8H17NO3S2/c1-13(10)5-2-4-9-8-3-6-14(11,12)7-8/h8-9H,2-7H2,1H3. The van der Waals surface area contributed by atoms with Crippen LogP contribution in [-0.4, -0.2) is 48.7 Å². The largest absolute Gasteiger partial charge is 0.313 e. The highest BCUT2D eigenvalue weighted by molar-refractivity contribution is 7.91. The van der Waals surface area contributed by atoms with E-state index in [1.54, 1.807) is 6.26 Å². The summed E-state index contributed by atoms with van der Waals surface area (Å²) in [6.07, 6.45) is 3.25. The minimum absolute atomic E-state index is 0.116. The molecule has 1 N–H and O–H groups in total. The lowest BCUT2D eigenvalue weighted by Crippen LogP contribution is -2.31. The molecule has 0 aromatic rings. The minimum Gasteiger partial charge on any atom is -0.313 e. The Hall–Kier alpha value is 0.0600. The molecule has 1 saturated heterocycles. The van der Waals surface area contributed by atoms with Crippen LogP contribution in [0.1, 0.15) is 12.8 Å². The Morgan fingerprint density at radius 3 is 2.71 bits per heavy atom. The van der Waals surface area contributed by atoms with Crippen LogP contribution in [0, 0.1) is 0 Å². The Kier molecular flexibility index (Phi) is 4.53. The summed E-state index contributed by atoms with van der Waals surface area (Å²) >= 11 is 0. The van der Waals surface area contributed by atoms with Gasteiger partial charge in [-0.2, -0.15) is 0 Å². The molecular weight excluding hydrogens is 222 g/mol. The maximum atomic E-state index is 11.1. The third-order valence-electron chi connectivity index (χ3n) is 2.27. The molecule has 84 valence electrons. The summed E-state index contributed by atoms with van der Waals surface area (Å²) in [6, 6.07) is 0.116. The molecule has 14 heavy (non-hydrogen) atoms. The topological polar surface area (TPSA) is 63.2 Å². The summed E-state index contributed by atoms with van der Waals surface area (Å²) < 4.78 is 32.9. The molecule has 0 aromatic carbocycles. The van der Waals surface area contributed by atoms with Crippen LogP contribution in [-0.2, 0) is 20.6 Å². The van der Waals surface area contributed by atoms with E-state index in [4.69, 9.17) is 0 Å². The van der Waals surface area contributed by atoms with Crippen LogP contribution in [0.2, 0.25) is 0 Å². The number of hydrogen-bond donors (Lipinski definition) is 1. The zero-order valence-electron chi connectivity index (χ0n) is 8.36. The first-order valence-corrected chi connectivity index (χ1v) is 8.28. The molecule has 0 saturated carbocycles. The highest BCUT2D eigenvalue weighted by Gasteiger charge is 2.26. The molecular formula is C8H17NO3S2. The first kappa shape index (κ1) is 12.1. The van der Waals surface area contributed by atoms with Crippen LogP contribution in [0.4, 0.5) is 0 Å². The fourth-order valence-electron chi connectivity index (χ4n) is 1.54. The summed E-state index contributed by atoms with van der Waals surface area (Å²) in [7, 11) is -3.51. The minimum atomic E-state index is -2.77. The van der Waals surface area contributed by atoms with Crippen molar-refractivity contribution in [1.82, 2.24) is 5.32 Å². The van der Waals surface area contributed by atoms with Crippen LogP contribution in [0.15, 0.2) is 0 Å². The van der Waals surface area contributed by atoms with Gasteiger partial charge >= 0.3 is 0 Å². The van der Waals surface area contributed by atoms with Gasteiger partial charge in [0.15, 0.2) is 9.84 Å². The molecule has 0 amide bonds. The predicted octanol–water partition coefficient (Wildman–Crippen LogP) is -0.468. The van der Waals surface area contributed by atoms with E-state index in [9.17, 15) is 12.6 Å². The summed E-state index contributed by atoms with van der Waals surface area (Å²) in [5, 5.41) is 3.18. The van der Waals surface area contributed by atoms with Crippen molar-refractivity contribution in [2.75, 3.05) is 30.1 Å². The van der Waals surface area contributed by atoms with Gasteiger partial charge in [0.05, 0.1) is 11.5 Å². The van der Waals surface area contributed by atoms with Gasteiger partial charge in [0.1, 0.15) is 0 Å². The van der Waals surface area contributed by atoms with Gasteiger partial charge in [0.2, 0.25) is 0 Å². The Bertz CT molecular complexity index is 300. The second-order valence-electron chi connectivity index (χ2n) is 3.68. The van der Waals surface area contributed by atoms with Crippen molar-refractivity contribution in [1.29, 1.82) is 0 Å². The fraction of sp³-hybridized carbons (Fsp3) is 1.00. The highest BCUT2D eigenvalue weighted by atomic mass is 32.2. The zero-order valence-corrected chi connectivity index (χ0v) is 9.99. The van der Waals surface area contributed by atoms with E-state index in [1.165, 1.54) is 0 Å². The molecule has 0 aliphatic carbocycles. The summed E-state index contributed by atoms with van der Waals surface area (Å²) in [5.41, 5.74) is 0. The molecule has 0 radical (unpaired) electrons. The Morgan fingerprint density at radius 2 is 2.21 bits per heavy atom. The maximum absolute atomic E-state index is 11.1. The van der Waals surface area contributed by atoms with Crippen LogP contribution < -0.4 is 5.32 Å². The van der Waals surface area contributed by atoms with Gasteiger partial charge in [-0.1, -0.05) is 0 Å². The van der Waals surface area contributed by atoms with E-state index in [-0.39, 0.29) is 11.8 Å². The molecule has 6 heteroatoms. The maximum Gasteiger partial charge on any atom is 0.151 e. The van der Waals surface area contributed by atoms with Crippen LogP contribution in [0.3, 0.4) is 0 Å². The van der Waals surface area contributed by atoms with E-state index < -0.39 is 20.6 Å². The lowest BCUT2D eigenvalue weighted by molar-refractivity contribution is 0.552. The highest BCUT2D eigenvalue weighted by Crippen LogP contribution is 2.10. The monoisotopic (exact) mass is 239 g/mol. The average molecular weight is 239 g/mol. The Balaban J connectivity index is 2.12. The lowest BCUT2D eigenvalue weighted by Gasteiger charge is -2.09. The molecule has 1 aliphatic heterocycles. The van der Waals surface area contributed by atoms with Crippen molar-refractivity contribution in [3.63, 3.8) is 0 Å². The Labute approximate surface area is 87.8 Å². The smallest absolute Gasteiger partial charge is 0.151 e. The summed E-state index contributed by atoms with van der Waals surface area (Å²) in [6.45, 7) is 0.764. The van der Waals surface area contributed by atoms with E-state index in [1.807, 2.05) is 0 Å². The predicted molar refractivity (Wildman–Crippen MR) is 58.6 cm³/mol. The molecule has 1 heterocycles. The first-order chi connectivity index (χ1) is 6.49. The number of sulfone groups is 1.